The van der Waals surface area contributed by atoms with Crippen molar-refractivity contribution < 1.29 is 4.79 Å². The molecule has 0 aliphatic heterocycles. The van der Waals surface area contributed by atoms with E-state index in [0.29, 0.717) is 11.1 Å². The van der Waals surface area contributed by atoms with Crippen molar-refractivity contribution in [1.82, 2.24) is 4.98 Å². The van der Waals surface area contributed by atoms with Crippen molar-refractivity contribution in [2.45, 2.75) is 0 Å². The highest BCUT2D eigenvalue weighted by Gasteiger charge is 2.14. The average Bonchev–Trinajstić information content (AvgIpc) is 2.80. The van der Waals surface area contributed by atoms with Gasteiger partial charge >= 0.3 is 0 Å². The van der Waals surface area contributed by atoms with E-state index in [1.54, 1.807) is 0 Å². The summed E-state index contributed by atoms with van der Waals surface area (Å²) in [6.45, 7) is 0. The molecule has 0 unspecified atom stereocenters. The molecule has 0 saturated heterocycles. The molecule has 19 heavy (non-hydrogen) atoms. The Morgan fingerprint density at radius 1 is 1.05 bits per heavy atom. The lowest BCUT2D eigenvalue weighted by Crippen LogP contribution is -2.02. The van der Waals surface area contributed by atoms with Crippen molar-refractivity contribution in [3.63, 3.8) is 0 Å². The van der Waals surface area contributed by atoms with Gasteiger partial charge in [0.15, 0.2) is 5.78 Å². The lowest BCUT2D eigenvalue weighted by molar-refractivity contribution is 0.104. The zero-order valence-corrected chi connectivity index (χ0v) is 13.0. The van der Waals surface area contributed by atoms with Crippen LogP contribution in [-0.2, 0) is 0 Å². The highest BCUT2D eigenvalue weighted by molar-refractivity contribution is 9.11. The predicted octanol–water partition coefficient (Wildman–Crippen LogP) is 4.92. The summed E-state index contributed by atoms with van der Waals surface area (Å²) >= 11 is 6.86. The number of H-pyrrole nitrogens is 1. The molecule has 0 bridgehead atoms. The Hall–Kier alpha value is -1.39. The van der Waals surface area contributed by atoms with Crippen LogP contribution in [0.1, 0.15) is 15.9 Å². The van der Waals surface area contributed by atoms with Gasteiger partial charge in [0.25, 0.3) is 0 Å². The monoisotopic (exact) mass is 377 g/mol. The zero-order valence-electron chi connectivity index (χ0n) is 9.78. The highest BCUT2D eigenvalue weighted by atomic mass is 79.9. The number of aromatic nitrogens is 1. The van der Waals surface area contributed by atoms with Gasteiger partial charge in [0.1, 0.15) is 0 Å². The lowest BCUT2D eigenvalue weighted by Gasteiger charge is -2.03. The Labute approximate surface area is 127 Å². The lowest BCUT2D eigenvalue weighted by atomic mass is 10.0. The van der Waals surface area contributed by atoms with E-state index in [1.165, 1.54) is 0 Å². The standard InChI is InChI=1S/C15H9Br2NO/c16-10-4-1-3-9(7-10)15(19)12-6-2-5-11-13(17)8-18-14(11)12/h1-8,18H. The van der Waals surface area contributed by atoms with Gasteiger partial charge < -0.3 is 4.98 Å². The third-order valence-corrected chi connectivity index (χ3v) is 4.15. The molecule has 0 radical (unpaired) electrons. The number of rotatable bonds is 2. The van der Waals surface area contributed by atoms with Gasteiger partial charge in [-0.2, -0.15) is 0 Å². The van der Waals surface area contributed by atoms with E-state index in [-0.39, 0.29) is 5.78 Å². The molecule has 0 fully saturated rings. The van der Waals surface area contributed by atoms with Crippen LogP contribution in [0.2, 0.25) is 0 Å². The third kappa shape index (κ3) is 2.26. The fraction of sp³-hybridized carbons (Fsp3) is 0. The molecule has 0 spiro atoms. The summed E-state index contributed by atoms with van der Waals surface area (Å²) in [5.74, 6) is 0.0150. The van der Waals surface area contributed by atoms with E-state index in [1.807, 2.05) is 48.7 Å². The molecule has 2 aromatic carbocycles. The number of fused-ring (bicyclic) bond motifs is 1. The maximum absolute atomic E-state index is 12.6. The first-order valence-corrected chi connectivity index (χ1v) is 7.31. The van der Waals surface area contributed by atoms with Gasteiger partial charge in [-0.05, 0) is 34.1 Å². The van der Waals surface area contributed by atoms with E-state index in [4.69, 9.17) is 0 Å². The Morgan fingerprint density at radius 3 is 2.63 bits per heavy atom. The molecule has 2 nitrogen and oxygen atoms in total. The Bertz CT molecular complexity index is 777. The highest BCUT2D eigenvalue weighted by Crippen LogP contribution is 2.27. The number of halogens is 2. The second-order valence-corrected chi connectivity index (χ2v) is 5.97. The molecule has 0 amide bonds. The number of ketones is 1. The molecule has 0 aliphatic carbocycles. The first-order valence-electron chi connectivity index (χ1n) is 5.72. The topological polar surface area (TPSA) is 32.9 Å². The van der Waals surface area contributed by atoms with E-state index in [9.17, 15) is 4.79 Å². The summed E-state index contributed by atoms with van der Waals surface area (Å²) in [4.78, 5) is 15.7. The molecule has 0 atom stereocenters. The second-order valence-electron chi connectivity index (χ2n) is 4.20. The molecule has 1 aromatic heterocycles. The first kappa shape index (κ1) is 12.6. The summed E-state index contributed by atoms with van der Waals surface area (Å²) in [5, 5.41) is 1.01. The number of aromatic amines is 1. The van der Waals surface area contributed by atoms with Gasteiger partial charge in [-0.1, -0.05) is 40.2 Å². The summed E-state index contributed by atoms with van der Waals surface area (Å²) in [6, 6.07) is 13.1. The Morgan fingerprint density at radius 2 is 1.84 bits per heavy atom. The van der Waals surface area contributed by atoms with Gasteiger partial charge in [0.05, 0.1) is 5.52 Å². The van der Waals surface area contributed by atoms with Gasteiger partial charge in [-0.15, -0.1) is 0 Å². The normalized spacial score (nSPS) is 10.8. The minimum atomic E-state index is 0.0150. The van der Waals surface area contributed by atoms with Crippen LogP contribution in [0.25, 0.3) is 10.9 Å². The quantitative estimate of drug-likeness (QED) is 0.630. The molecule has 1 N–H and O–H groups in total. The van der Waals surface area contributed by atoms with Crippen LogP contribution in [-0.4, -0.2) is 10.8 Å². The van der Waals surface area contributed by atoms with Crippen LogP contribution in [0.4, 0.5) is 0 Å². The SMILES string of the molecule is O=C(c1cccc(Br)c1)c1cccc2c(Br)c[nH]c12. The van der Waals surface area contributed by atoms with Crippen LogP contribution >= 0.6 is 31.9 Å². The molecule has 3 rings (SSSR count). The zero-order chi connectivity index (χ0) is 13.4. The van der Waals surface area contributed by atoms with Crippen molar-refractivity contribution >= 4 is 48.5 Å². The fourth-order valence-electron chi connectivity index (χ4n) is 2.09. The van der Waals surface area contributed by atoms with Crippen LogP contribution < -0.4 is 0 Å². The van der Waals surface area contributed by atoms with E-state index >= 15 is 0 Å². The third-order valence-electron chi connectivity index (χ3n) is 3.00. The Balaban J connectivity index is 2.17. The van der Waals surface area contributed by atoms with Gasteiger partial charge in [0, 0.05) is 31.7 Å². The molecule has 0 aliphatic rings. The van der Waals surface area contributed by atoms with Crippen molar-refractivity contribution in [1.29, 1.82) is 0 Å². The van der Waals surface area contributed by atoms with E-state index in [0.717, 1.165) is 19.8 Å². The number of carbonyl (C=O) groups excluding carboxylic acids is 1. The van der Waals surface area contributed by atoms with Crippen molar-refractivity contribution in [2.75, 3.05) is 0 Å². The summed E-state index contributed by atoms with van der Waals surface area (Å²) in [5.41, 5.74) is 2.22. The van der Waals surface area contributed by atoms with Gasteiger partial charge in [-0.3, -0.25) is 4.79 Å². The number of benzene rings is 2. The smallest absolute Gasteiger partial charge is 0.195 e. The summed E-state index contributed by atoms with van der Waals surface area (Å²) in [7, 11) is 0. The molecule has 94 valence electrons. The molecule has 1 heterocycles. The van der Waals surface area contributed by atoms with Crippen molar-refractivity contribution in [2.24, 2.45) is 0 Å². The van der Waals surface area contributed by atoms with Crippen molar-refractivity contribution in [3.8, 4) is 0 Å². The van der Waals surface area contributed by atoms with Crippen LogP contribution in [0, 0.1) is 0 Å². The summed E-state index contributed by atoms with van der Waals surface area (Å²) < 4.78 is 1.87. The number of nitrogens with one attached hydrogen (secondary N) is 1. The van der Waals surface area contributed by atoms with Crippen molar-refractivity contribution in [3.05, 3.63) is 68.7 Å². The minimum absolute atomic E-state index is 0.0150. The largest absolute Gasteiger partial charge is 0.359 e. The maximum Gasteiger partial charge on any atom is 0.195 e. The van der Waals surface area contributed by atoms with E-state index < -0.39 is 0 Å². The number of para-hydroxylation sites is 1. The van der Waals surface area contributed by atoms with Crippen LogP contribution in [0.3, 0.4) is 0 Å². The second kappa shape index (κ2) is 4.94. The molecule has 3 aromatic rings. The van der Waals surface area contributed by atoms with E-state index in [2.05, 4.69) is 36.8 Å². The fourth-order valence-corrected chi connectivity index (χ4v) is 2.94. The van der Waals surface area contributed by atoms with Crippen LogP contribution in [0.15, 0.2) is 57.6 Å². The number of carbonyl (C=O) groups is 1. The van der Waals surface area contributed by atoms with Gasteiger partial charge in [0.2, 0.25) is 0 Å². The first-order chi connectivity index (χ1) is 9.16. The number of hydrogen-bond donors (Lipinski definition) is 1. The Kier molecular flexibility index (Phi) is 3.29. The molecular formula is C15H9Br2NO. The average molecular weight is 379 g/mol. The molecular weight excluding hydrogens is 370 g/mol. The maximum atomic E-state index is 12.6. The number of hydrogen-bond acceptors (Lipinski definition) is 1. The summed E-state index contributed by atoms with van der Waals surface area (Å²) in [6.07, 6.45) is 1.85. The van der Waals surface area contributed by atoms with Gasteiger partial charge in [-0.25, -0.2) is 0 Å². The molecule has 0 saturated carbocycles. The predicted molar refractivity (Wildman–Crippen MR) is 83.6 cm³/mol. The minimum Gasteiger partial charge on any atom is -0.359 e. The van der Waals surface area contributed by atoms with Crippen LogP contribution in [0.5, 0.6) is 0 Å². The molecule has 4 heteroatoms.